The van der Waals surface area contributed by atoms with Crippen LogP contribution in [0.15, 0.2) is 24.3 Å². The first-order valence-corrected chi connectivity index (χ1v) is 11.7. The number of ketones is 1. The predicted molar refractivity (Wildman–Crippen MR) is 119 cm³/mol. The molecule has 1 heterocycles. The summed E-state index contributed by atoms with van der Waals surface area (Å²) in [5.41, 5.74) is 2.40. The van der Waals surface area contributed by atoms with E-state index in [0.717, 1.165) is 44.3 Å². The Labute approximate surface area is 176 Å². The second-order valence-electron chi connectivity index (χ2n) is 9.34. The highest BCUT2D eigenvalue weighted by atomic mass is 16.2. The van der Waals surface area contributed by atoms with Gasteiger partial charge < -0.3 is 10.2 Å². The first-order valence-electron chi connectivity index (χ1n) is 11.7. The number of rotatable bonds is 9. The Bertz CT molecular complexity index is 679. The number of benzene rings is 1. The van der Waals surface area contributed by atoms with Gasteiger partial charge in [0.25, 0.3) is 0 Å². The Morgan fingerprint density at radius 2 is 1.83 bits per heavy atom. The molecule has 0 saturated heterocycles. The largest absolute Gasteiger partial charge is 0.345 e. The fraction of sp³-hybridized carbons (Fsp3) is 0.680. The molecule has 1 aromatic rings. The van der Waals surface area contributed by atoms with Crippen LogP contribution in [-0.4, -0.2) is 24.4 Å². The molecule has 4 heteroatoms. The van der Waals surface area contributed by atoms with Gasteiger partial charge in [-0.2, -0.15) is 0 Å². The zero-order valence-electron chi connectivity index (χ0n) is 18.3. The quantitative estimate of drug-likeness (QED) is 0.618. The van der Waals surface area contributed by atoms with Gasteiger partial charge in [0.15, 0.2) is 11.9 Å². The molecule has 0 spiro atoms. The van der Waals surface area contributed by atoms with E-state index >= 15 is 0 Å². The van der Waals surface area contributed by atoms with E-state index in [1.54, 1.807) is 0 Å². The summed E-state index contributed by atoms with van der Waals surface area (Å²) in [7, 11) is 0. The van der Waals surface area contributed by atoms with Crippen LogP contribution in [0.1, 0.15) is 83.6 Å². The summed E-state index contributed by atoms with van der Waals surface area (Å²) < 4.78 is 0. The third-order valence-electron chi connectivity index (χ3n) is 6.53. The van der Waals surface area contributed by atoms with Crippen molar-refractivity contribution in [3.05, 3.63) is 29.8 Å². The second-order valence-corrected chi connectivity index (χ2v) is 9.34. The number of hydrogen-bond donors (Lipinski definition) is 1. The third kappa shape index (κ3) is 6.32. The molecular weight excluding hydrogens is 360 g/mol. The fourth-order valence-corrected chi connectivity index (χ4v) is 4.75. The molecule has 2 aliphatic rings. The van der Waals surface area contributed by atoms with Crippen LogP contribution in [0.25, 0.3) is 0 Å². The van der Waals surface area contributed by atoms with Crippen LogP contribution < -0.4 is 10.2 Å². The van der Waals surface area contributed by atoms with E-state index < -0.39 is 6.17 Å². The highest BCUT2D eigenvalue weighted by molar-refractivity contribution is 5.91. The van der Waals surface area contributed by atoms with Crippen LogP contribution in [0.5, 0.6) is 0 Å². The zero-order chi connectivity index (χ0) is 20.6. The van der Waals surface area contributed by atoms with Gasteiger partial charge >= 0.3 is 0 Å². The van der Waals surface area contributed by atoms with E-state index in [9.17, 15) is 9.59 Å². The van der Waals surface area contributed by atoms with Gasteiger partial charge in [-0.25, -0.2) is 0 Å². The van der Waals surface area contributed by atoms with Crippen LogP contribution in [0.3, 0.4) is 0 Å². The van der Waals surface area contributed by atoms with Gasteiger partial charge in [0.1, 0.15) is 0 Å². The molecule has 1 aromatic carbocycles. The van der Waals surface area contributed by atoms with Crippen LogP contribution in [-0.2, 0) is 16.0 Å². The molecule has 1 saturated carbocycles. The molecule has 160 valence electrons. The van der Waals surface area contributed by atoms with Crippen LogP contribution in [0.4, 0.5) is 5.69 Å². The van der Waals surface area contributed by atoms with Crippen molar-refractivity contribution in [2.45, 2.75) is 90.6 Å². The molecular formula is C25H38N2O2. The Balaban J connectivity index is 1.73. The lowest BCUT2D eigenvalue weighted by Gasteiger charge is -2.33. The second kappa shape index (κ2) is 10.8. The summed E-state index contributed by atoms with van der Waals surface area (Å²) in [5.74, 6) is 1.34. The number of hydrogen-bond acceptors (Lipinski definition) is 3. The average Bonchev–Trinajstić information content (AvgIpc) is 3.14. The van der Waals surface area contributed by atoms with E-state index in [0.29, 0.717) is 24.7 Å². The predicted octanol–water partition coefficient (Wildman–Crippen LogP) is 5.25. The molecule has 1 unspecified atom stereocenters. The number of amides is 1. The summed E-state index contributed by atoms with van der Waals surface area (Å²) in [5, 5.41) is 3.14. The van der Waals surface area contributed by atoms with Crippen LogP contribution >= 0.6 is 0 Å². The van der Waals surface area contributed by atoms with Gasteiger partial charge in [0, 0.05) is 25.1 Å². The highest BCUT2D eigenvalue weighted by Gasteiger charge is 2.30. The summed E-state index contributed by atoms with van der Waals surface area (Å²) in [6.07, 6.45) is 10.6. The number of aryl methyl sites for hydroxylation is 1. The lowest BCUT2D eigenvalue weighted by Crippen LogP contribution is -2.53. The number of fused-ring (bicyclic) bond motifs is 1. The van der Waals surface area contributed by atoms with E-state index in [1.165, 1.54) is 31.2 Å². The van der Waals surface area contributed by atoms with Gasteiger partial charge in [-0.1, -0.05) is 57.7 Å². The maximum absolute atomic E-state index is 13.2. The molecule has 1 amide bonds. The Hall–Kier alpha value is -1.84. The van der Waals surface area contributed by atoms with Crippen molar-refractivity contribution >= 4 is 17.4 Å². The van der Waals surface area contributed by atoms with Gasteiger partial charge in [-0.05, 0) is 55.6 Å². The molecule has 29 heavy (non-hydrogen) atoms. The van der Waals surface area contributed by atoms with Crippen molar-refractivity contribution in [2.75, 3.05) is 11.4 Å². The van der Waals surface area contributed by atoms with Crippen molar-refractivity contribution in [3.8, 4) is 0 Å². The number of para-hydroxylation sites is 1. The van der Waals surface area contributed by atoms with E-state index in [-0.39, 0.29) is 11.7 Å². The third-order valence-corrected chi connectivity index (χ3v) is 6.53. The number of carbonyl (C=O) groups excluding carboxylic acids is 2. The molecule has 0 radical (unpaired) electrons. The Morgan fingerprint density at radius 3 is 2.59 bits per heavy atom. The smallest absolute Gasteiger partial charge is 0.221 e. The summed E-state index contributed by atoms with van der Waals surface area (Å²) in [4.78, 5) is 28.2. The summed E-state index contributed by atoms with van der Waals surface area (Å²) in [6, 6.07) is 8.37. The molecule has 1 fully saturated rings. The summed E-state index contributed by atoms with van der Waals surface area (Å²) >= 11 is 0. The van der Waals surface area contributed by atoms with Gasteiger partial charge in [-0.15, -0.1) is 0 Å². The topological polar surface area (TPSA) is 49.4 Å². The molecule has 4 nitrogen and oxygen atoms in total. The maximum atomic E-state index is 13.2. The number of anilines is 1. The van der Waals surface area contributed by atoms with Gasteiger partial charge in [0.2, 0.25) is 5.91 Å². The fourth-order valence-electron chi connectivity index (χ4n) is 4.75. The first kappa shape index (κ1) is 21.9. The summed E-state index contributed by atoms with van der Waals surface area (Å²) in [6.45, 7) is 5.10. The van der Waals surface area contributed by atoms with Crippen molar-refractivity contribution in [2.24, 2.45) is 11.8 Å². The minimum atomic E-state index is -0.538. The maximum Gasteiger partial charge on any atom is 0.221 e. The van der Waals surface area contributed by atoms with Crippen molar-refractivity contribution < 1.29 is 9.59 Å². The molecule has 1 aliphatic carbocycles. The van der Waals surface area contributed by atoms with E-state index in [2.05, 4.69) is 42.3 Å². The number of nitrogens with one attached hydrogen (secondary N) is 1. The number of nitrogens with zero attached hydrogens (tertiary/aromatic N) is 1. The molecule has 0 aromatic heterocycles. The normalized spacial score (nSPS) is 18.4. The minimum Gasteiger partial charge on any atom is -0.345 e. The van der Waals surface area contributed by atoms with Gasteiger partial charge in [-0.3, -0.25) is 9.59 Å². The lowest BCUT2D eigenvalue weighted by molar-refractivity contribution is -0.128. The van der Waals surface area contributed by atoms with E-state index in [4.69, 9.17) is 0 Å². The monoisotopic (exact) mass is 398 g/mol. The minimum absolute atomic E-state index is 0.0292. The zero-order valence-corrected chi connectivity index (χ0v) is 18.3. The number of Topliss-reactive ketones (excluding diaryl/α,β-unsaturated/α-hetero) is 1. The molecule has 3 rings (SSSR count). The SMILES string of the molecule is CC(C)CCC(=O)C(NC(=O)CCC1CCCC1)N1CCCCc2ccccc21. The Morgan fingerprint density at radius 1 is 1.07 bits per heavy atom. The molecule has 1 aliphatic heterocycles. The number of carbonyl (C=O) groups is 2. The lowest BCUT2D eigenvalue weighted by atomic mass is 10.0. The van der Waals surface area contributed by atoms with Crippen molar-refractivity contribution in [1.82, 2.24) is 5.32 Å². The van der Waals surface area contributed by atoms with Crippen molar-refractivity contribution in [3.63, 3.8) is 0 Å². The van der Waals surface area contributed by atoms with Crippen molar-refractivity contribution in [1.29, 1.82) is 0 Å². The van der Waals surface area contributed by atoms with E-state index in [1.807, 2.05) is 6.07 Å². The van der Waals surface area contributed by atoms with Crippen LogP contribution in [0, 0.1) is 11.8 Å². The molecule has 1 N–H and O–H groups in total. The average molecular weight is 399 g/mol. The first-order chi connectivity index (χ1) is 14.0. The molecule has 1 atom stereocenters. The highest BCUT2D eigenvalue weighted by Crippen LogP contribution is 2.30. The Kier molecular flexibility index (Phi) is 8.14. The standard InChI is InChI=1S/C25H38N2O2/c1-19(2)14-16-23(28)25(26-24(29)17-15-20-9-3-4-10-20)27-18-8-7-12-21-11-5-6-13-22(21)27/h5-6,11,13,19-20,25H,3-4,7-10,12,14-18H2,1-2H3,(H,26,29). The van der Waals surface area contributed by atoms with Crippen LogP contribution in [0.2, 0.25) is 0 Å². The van der Waals surface area contributed by atoms with Gasteiger partial charge in [0.05, 0.1) is 0 Å². The molecule has 0 bridgehead atoms.